The van der Waals surface area contributed by atoms with Gasteiger partial charge >= 0.3 is 0 Å². The molecule has 4 nitrogen and oxygen atoms in total. The molecule has 21 heavy (non-hydrogen) atoms. The van der Waals surface area contributed by atoms with Crippen molar-refractivity contribution >= 4 is 23.2 Å². The zero-order valence-corrected chi connectivity index (χ0v) is 14.4. The molecule has 1 fully saturated rings. The summed E-state index contributed by atoms with van der Waals surface area (Å²) in [6, 6.07) is 7.58. The molecule has 0 aliphatic carbocycles. The zero-order valence-electron chi connectivity index (χ0n) is 12.7. The highest BCUT2D eigenvalue weighted by molar-refractivity contribution is 7.85. The summed E-state index contributed by atoms with van der Waals surface area (Å²) in [4.78, 5) is 2.04. The van der Waals surface area contributed by atoms with Gasteiger partial charge in [0.2, 0.25) is 0 Å². The Labute approximate surface area is 135 Å². The van der Waals surface area contributed by atoms with Gasteiger partial charge in [0, 0.05) is 34.8 Å². The Morgan fingerprint density at radius 1 is 1.48 bits per heavy atom. The van der Waals surface area contributed by atoms with Crippen LogP contribution in [0.2, 0.25) is 0 Å². The van der Waals surface area contributed by atoms with E-state index < -0.39 is 16.4 Å². The number of hydrogen-bond donors (Lipinski definition) is 1. The fourth-order valence-electron chi connectivity index (χ4n) is 2.84. The van der Waals surface area contributed by atoms with Crippen molar-refractivity contribution in [3.63, 3.8) is 0 Å². The van der Waals surface area contributed by atoms with E-state index in [2.05, 4.69) is 0 Å². The van der Waals surface area contributed by atoms with Crippen molar-refractivity contribution in [3.05, 3.63) is 29.8 Å². The minimum atomic E-state index is -0.924. The first kappa shape index (κ1) is 18.4. The predicted octanol–water partition coefficient (Wildman–Crippen LogP) is 1.63. The third-order valence-corrected chi connectivity index (χ3v) is 5.36. The maximum absolute atomic E-state index is 11.9. The van der Waals surface area contributed by atoms with E-state index in [0.717, 1.165) is 17.9 Å². The van der Waals surface area contributed by atoms with Gasteiger partial charge in [0.15, 0.2) is 0 Å². The van der Waals surface area contributed by atoms with Crippen molar-refractivity contribution in [2.75, 3.05) is 39.3 Å². The number of aliphatic hydroxyl groups is 1. The third kappa shape index (κ3) is 4.19. The van der Waals surface area contributed by atoms with Crippen LogP contribution >= 0.6 is 12.4 Å². The van der Waals surface area contributed by atoms with E-state index in [4.69, 9.17) is 4.74 Å². The lowest BCUT2D eigenvalue weighted by Gasteiger charge is -2.41. The highest BCUT2D eigenvalue weighted by Gasteiger charge is 2.43. The van der Waals surface area contributed by atoms with E-state index in [1.165, 1.54) is 0 Å². The molecule has 6 heteroatoms. The fraction of sp³-hybridized carbons (Fsp3) is 0.600. The summed E-state index contributed by atoms with van der Waals surface area (Å²) >= 11 is 0. The molecule has 1 N–H and O–H groups in total. The van der Waals surface area contributed by atoms with Gasteiger partial charge in [-0.1, -0.05) is 12.1 Å². The number of rotatable bonds is 4. The molecule has 0 radical (unpaired) electrons. The van der Waals surface area contributed by atoms with E-state index in [-0.39, 0.29) is 18.3 Å². The number of benzene rings is 1. The molecule has 1 heterocycles. The lowest BCUT2D eigenvalue weighted by atomic mass is 9.79. The van der Waals surface area contributed by atoms with Crippen LogP contribution in [0.5, 0.6) is 5.75 Å². The van der Waals surface area contributed by atoms with E-state index in [1.54, 1.807) is 7.11 Å². The summed E-state index contributed by atoms with van der Waals surface area (Å²) in [5, 5.41) is 11.2. The molecular formula is C15H24ClNO3S. The minimum Gasteiger partial charge on any atom is -0.497 e. The molecule has 0 saturated carbocycles. The second-order valence-corrected chi connectivity index (χ2v) is 7.30. The van der Waals surface area contributed by atoms with Gasteiger partial charge in [-0.05, 0) is 38.2 Å². The van der Waals surface area contributed by atoms with Crippen LogP contribution in [0.15, 0.2) is 24.3 Å². The Morgan fingerprint density at radius 2 is 2.19 bits per heavy atom. The number of nitrogens with zero attached hydrogens (tertiary/aromatic N) is 1. The molecule has 0 spiro atoms. The fourth-order valence-corrected chi connectivity index (χ4v) is 4.37. The van der Waals surface area contributed by atoms with Crippen LogP contribution in [-0.4, -0.2) is 53.5 Å². The first-order valence-corrected chi connectivity index (χ1v) is 8.31. The van der Waals surface area contributed by atoms with Crippen molar-refractivity contribution in [1.29, 1.82) is 0 Å². The van der Waals surface area contributed by atoms with Crippen LogP contribution in [0, 0.1) is 5.92 Å². The molecule has 0 bridgehead atoms. The first-order valence-electron chi connectivity index (χ1n) is 6.82. The lowest BCUT2D eigenvalue weighted by Crippen LogP contribution is -2.48. The topological polar surface area (TPSA) is 49.8 Å². The molecule has 3 atom stereocenters. The molecule has 120 valence electrons. The number of ether oxygens (including phenoxy) is 1. The van der Waals surface area contributed by atoms with Crippen molar-refractivity contribution in [3.8, 4) is 5.75 Å². The average Bonchev–Trinajstić information content (AvgIpc) is 2.42. The van der Waals surface area contributed by atoms with Crippen LogP contribution in [0.4, 0.5) is 0 Å². The van der Waals surface area contributed by atoms with Gasteiger partial charge in [0.1, 0.15) is 5.75 Å². The van der Waals surface area contributed by atoms with Gasteiger partial charge in [0.05, 0.1) is 12.7 Å². The molecule has 1 aromatic rings. The second-order valence-electron chi connectivity index (χ2n) is 5.68. The van der Waals surface area contributed by atoms with Crippen molar-refractivity contribution in [1.82, 2.24) is 4.90 Å². The van der Waals surface area contributed by atoms with Gasteiger partial charge < -0.3 is 14.7 Å². The molecule has 0 aromatic heterocycles. The summed E-state index contributed by atoms with van der Waals surface area (Å²) in [5.41, 5.74) is -0.0624. The monoisotopic (exact) mass is 333 g/mol. The van der Waals surface area contributed by atoms with Gasteiger partial charge in [-0.3, -0.25) is 4.21 Å². The Morgan fingerprint density at radius 3 is 2.81 bits per heavy atom. The van der Waals surface area contributed by atoms with Crippen LogP contribution in [0.25, 0.3) is 0 Å². The molecular weight excluding hydrogens is 310 g/mol. The molecule has 1 aliphatic heterocycles. The largest absolute Gasteiger partial charge is 0.497 e. The first-order chi connectivity index (χ1) is 9.45. The molecule has 1 aliphatic rings. The molecule has 2 rings (SSSR count). The Bertz CT molecular complexity index is 498. The van der Waals surface area contributed by atoms with Crippen molar-refractivity contribution in [2.24, 2.45) is 5.92 Å². The number of methoxy groups -OCH3 is 1. The normalized spacial score (nSPS) is 29.0. The van der Waals surface area contributed by atoms with Crippen LogP contribution < -0.4 is 4.74 Å². The van der Waals surface area contributed by atoms with E-state index in [0.29, 0.717) is 17.9 Å². The predicted molar refractivity (Wildman–Crippen MR) is 88.7 cm³/mol. The maximum Gasteiger partial charge on any atom is 0.119 e. The summed E-state index contributed by atoms with van der Waals surface area (Å²) in [6.07, 6.45) is 0.533. The molecule has 1 saturated heterocycles. The van der Waals surface area contributed by atoms with Crippen LogP contribution in [0.1, 0.15) is 12.0 Å². The SMILES string of the molecule is COc1cccc([C@]2(O)CCS(=O)C[C@@H]2CN(C)C)c1.Cl. The van der Waals surface area contributed by atoms with Crippen LogP contribution in [-0.2, 0) is 16.4 Å². The summed E-state index contributed by atoms with van der Waals surface area (Å²) in [5.74, 6) is 1.81. The Kier molecular flexibility index (Phi) is 6.66. The second kappa shape index (κ2) is 7.58. The Balaban J connectivity index is 0.00000220. The standard InChI is InChI=1S/C15H23NO3S.ClH/c1-16(2)10-13-11-20(18)8-7-15(13,17)12-5-4-6-14(9-12)19-3;/h4-6,9,13,17H,7-8,10-11H2,1-3H3;1H/t13-,15+,20?;/m0./s1. The lowest BCUT2D eigenvalue weighted by molar-refractivity contribution is -0.0304. The van der Waals surface area contributed by atoms with Crippen molar-refractivity contribution in [2.45, 2.75) is 12.0 Å². The van der Waals surface area contributed by atoms with E-state index in [1.807, 2.05) is 43.3 Å². The van der Waals surface area contributed by atoms with Gasteiger partial charge in [-0.15, -0.1) is 12.4 Å². The number of halogens is 1. The summed E-state index contributed by atoms with van der Waals surface area (Å²) < 4.78 is 17.1. The van der Waals surface area contributed by atoms with Crippen LogP contribution in [0.3, 0.4) is 0 Å². The number of hydrogen-bond acceptors (Lipinski definition) is 4. The minimum absolute atomic E-state index is 0. The maximum atomic E-state index is 11.9. The summed E-state index contributed by atoms with van der Waals surface area (Å²) in [6.45, 7) is 0.722. The highest BCUT2D eigenvalue weighted by atomic mass is 35.5. The summed E-state index contributed by atoms with van der Waals surface area (Å²) in [7, 11) is 4.74. The smallest absolute Gasteiger partial charge is 0.119 e. The quantitative estimate of drug-likeness (QED) is 0.910. The molecule has 0 amide bonds. The zero-order chi connectivity index (χ0) is 14.8. The average molecular weight is 334 g/mol. The molecule has 1 aromatic carbocycles. The van der Waals surface area contributed by atoms with E-state index in [9.17, 15) is 9.32 Å². The Hall–Kier alpha value is -0.620. The third-order valence-electron chi connectivity index (χ3n) is 3.93. The van der Waals surface area contributed by atoms with Gasteiger partial charge in [0.25, 0.3) is 0 Å². The molecule has 1 unspecified atom stereocenters. The van der Waals surface area contributed by atoms with Gasteiger partial charge in [-0.25, -0.2) is 0 Å². The highest BCUT2D eigenvalue weighted by Crippen LogP contribution is 2.38. The van der Waals surface area contributed by atoms with Crippen molar-refractivity contribution < 1.29 is 14.1 Å². The van der Waals surface area contributed by atoms with E-state index >= 15 is 0 Å². The van der Waals surface area contributed by atoms with Gasteiger partial charge in [-0.2, -0.15) is 0 Å².